The van der Waals surface area contributed by atoms with E-state index in [0.717, 1.165) is 17.2 Å². The lowest BCUT2D eigenvalue weighted by Crippen LogP contribution is -2.21. The molecule has 3 atom stereocenters. The predicted molar refractivity (Wildman–Crippen MR) is 74.8 cm³/mol. The Balaban J connectivity index is 2.09. The summed E-state index contributed by atoms with van der Waals surface area (Å²) in [5.41, 5.74) is 3.45. The summed E-state index contributed by atoms with van der Waals surface area (Å²) >= 11 is 0. The van der Waals surface area contributed by atoms with E-state index in [1.165, 1.54) is 19.0 Å². The largest absolute Gasteiger partial charge is 0.101 e. The van der Waals surface area contributed by atoms with Crippen LogP contribution in [0.2, 0.25) is 0 Å². The summed E-state index contributed by atoms with van der Waals surface area (Å²) in [6.07, 6.45) is 4.29. The summed E-state index contributed by atoms with van der Waals surface area (Å²) in [4.78, 5) is 0. The van der Waals surface area contributed by atoms with E-state index in [9.17, 15) is 0 Å². The molecule has 1 aliphatic heterocycles. The molecule has 0 nitrogen and oxygen atoms in total. The summed E-state index contributed by atoms with van der Waals surface area (Å²) in [7, 11) is 0.245. The second kappa shape index (κ2) is 5.32. The molecular weight excluding hydrogens is 211 g/mol. The van der Waals surface area contributed by atoms with Crippen LogP contribution < -0.4 is 0 Å². The normalized spacial score (nSPS) is 30.6. The fourth-order valence-corrected chi connectivity index (χ4v) is 6.03. The summed E-state index contributed by atoms with van der Waals surface area (Å²) in [5, 5.41) is 0. The van der Waals surface area contributed by atoms with E-state index in [4.69, 9.17) is 0 Å². The molecule has 0 aliphatic carbocycles. The van der Waals surface area contributed by atoms with Crippen molar-refractivity contribution < 1.29 is 0 Å². The third-order valence-corrected chi connectivity index (χ3v) is 7.44. The third-order valence-electron chi connectivity index (χ3n) is 3.86. The van der Waals surface area contributed by atoms with Crippen LogP contribution in [0.25, 0.3) is 0 Å². The summed E-state index contributed by atoms with van der Waals surface area (Å²) in [5.74, 6) is 0.839. The number of rotatable bonds is 2. The van der Waals surface area contributed by atoms with Crippen LogP contribution in [0.3, 0.4) is 0 Å². The van der Waals surface area contributed by atoms with Crippen molar-refractivity contribution in [3.05, 3.63) is 35.9 Å². The molecule has 0 spiro atoms. The molecule has 1 heteroatoms. The highest BCUT2D eigenvalue weighted by Gasteiger charge is 2.29. The Kier molecular flexibility index (Phi) is 4.03. The Morgan fingerprint density at radius 2 is 1.81 bits per heavy atom. The van der Waals surface area contributed by atoms with E-state index in [1.807, 2.05) is 0 Å². The van der Waals surface area contributed by atoms with Gasteiger partial charge in [-0.2, -0.15) is 0 Å². The molecule has 1 heterocycles. The predicted octanol–water partition coefficient (Wildman–Crippen LogP) is 4.84. The molecule has 0 amide bonds. The molecule has 1 aromatic carbocycles. The van der Waals surface area contributed by atoms with Crippen LogP contribution in [0.4, 0.5) is 0 Å². The second-order valence-electron chi connectivity index (χ2n) is 5.32. The Hall–Kier alpha value is -0.350. The standard InChI is InChI=1S/C15H23P/c1-12(2)16-11-15(10-9-13(16)3)14-7-5-4-6-8-14/h4-8,12-13,15H,9-11H2,1-3H3/t13-,15-,16?/m1/s1. The van der Waals surface area contributed by atoms with Gasteiger partial charge >= 0.3 is 0 Å². The van der Waals surface area contributed by atoms with Crippen molar-refractivity contribution in [2.24, 2.45) is 0 Å². The highest BCUT2D eigenvalue weighted by Crippen LogP contribution is 2.55. The average molecular weight is 234 g/mol. The lowest BCUT2D eigenvalue weighted by atomic mass is 9.95. The maximum absolute atomic E-state index is 2.47. The van der Waals surface area contributed by atoms with Crippen molar-refractivity contribution >= 4 is 7.92 Å². The molecule has 1 fully saturated rings. The first-order valence-electron chi connectivity index (χ1n) is 6.49. The van der Waals surface area contributed by atoms with Gasteiger partial charge in [-0.1, -0.05) is 51.1 Å². The van der Waals surface area contributed by atoms with Crippen LogP contribution in [0.15, 0.2) is 30.3 Å². The van der Waals surface area contributed by atoms with E-state index in [2.05, 4.69) is 51.1 Å². The van der Waals surface area contributed by atoms with E-state index in [1.54, 1.807) is 5.56 Å². The number of hydrogen-bond donors (Lipinski definition) is 0. The van der Waals surface area contributed by atoms with E-state index in [-0.39, 0.29) is 7.92 Å². The highest BCUT2D eigenvalue weighted by atomic mass is 31.1. The molecule has 2 rings (SSSR count). The fourth-order valence-electron chi connectivity index (χ4n) is 2.85. The smallest absolute Gasteiger partial charge is 0.0122 e. The van der Waals surface area contributed by atoms with Crippen molar-refractivity contribution in [1.29, 1.82) is 0 Å². The molecule has 0 N–H and O–H groups in total. The molecule has 1 aromatic rings. The first-order chi connectivity index (χ1) is 7.68. The van der Waals surface area contributed by atoms with Gasteiger partial charge in [0.1, 0.15) is 0 Å². The van der Waals surface area contributed by atoms with E-state index >= 15 is 0 Å². The zero-order chi connectivity index (χ0) is 11.5. The van der Waals surface area contributed by atoms with Crippen LogP contribution in [0.5, 0.6) is 0 Å². The quantitative estimate of drug-likeness (QED) is 0.642. The SMILES string of the molecule is CC(C)P1C[C@H](c2ccccc2)CC[C@H]1C. The summed E-state index contributed by atoms with van der Waals surface area (Å²) in [6.45, 7) is 7.29. The minimum atomic E-state index is 0.245. The Morgan fingerprint density at radius 3 is 2.44 bits per heavy atom. The Labute approximate surface area is 101 Å². The van der Waals surface area contributed by atoms with E-state index < -0.39 is 0 Å². The van der Waals surface area contributed by atoms with Crippen molar-refractivity contribution in [3.8, 4) is 0 Å². The van der Waals surface area contributed by atoms with Gasteiger partial charge in [0.05, 0.1) is 0 Å². The van der Waals surface area contributed by atoms with Crippen molar-refractivity contribution in [3.63, 3.8) is 0 Å². The molecule has 88 valence electrons. The monoisotopic (exact) mass is 234 g/mol. The minimum absolute atomic E-state index is 0.245. The van der Waals surface area contributed by atoms with Crippen LogP contribution in [-0.4, -0.2) is 17.5 Å². The van der Waals surface area contributed by atoms with E-state index in [0.29, 0.717) is 0 Å². The van der Waals surface area contributed by atoms with Gasteiger partial charge in [-0.15, -0.1) is 7.92 Å². The molecule has 0 bridgehead atoms. The molecule has 1 saturated heterocycles. The van der Waals surface area contributed by atoms with Crippen molar-refractivity contribution in [2.75, 3.05) is 6.16 Å². The van der Waals surface area contributed by atoms with Gasteiger partial charge < -0.3 is 0 Å². The van der Waals surface area contributed by atoms with Crippen LogP contribution in [0, 0.1) is 0 Å². The average Bonchev–Trinajstić information content (AvgIpc) is 2.30. The first-order valence-corrected chi connectivity index (χ1v) is 8.15. The lowest BCUT2D eigenvalue weighted by molar-refractivity contribution is 0.599. The Bertz CT molecular complexity index is 317. The van der Waals surface area contributed by atoms with Gasteiger partial charge in [0.2, 0.25) is 0 Å². The maximum Gasteiger partial charge on any atom is -0.0122 e. The summed E-state index contributed by atoms with van der Waals surface area (Å²) in [6, 6.07) is 11.1. The molecule has 0 saturated carbocycles. The topological polar surface area (TPSA) is 0 Å². The molecule has 16 heavy (non-hydrogen) atoms. The molecule has 1 aliphatic rings. The maximum atomic E-state index is 2.47. The van der Waals surface area contributed by atoms with Gasteiger partial charge in [0, 0.05) is 0 Å². The van der Waals surface area contributed by atoms with Gasteiger partial charge in [0.25, 0.3) is 0 Å². The molecule has 0 radical (unpaired) electrons. The lowest BCUT2D eigenvalue weighted by Gasteiger charge is -2.37. The van der Waals surface area contributed by atoms with Crippen LogP contribution in [0.1, 0.15) is 45.1 Å². The van der Waals surface area contributed by atoms with Crippen molar-refractivity contribution in [1.82, 2.24) is 0 Å². The first kappa shape index (κ1) is 12.1. The zero-order valence-electron chi connectivity index (χ0n) is 10.7. The van der Waals surface area contributed by atoms with Crippen molar-refractivity contribution in [2.45, 2.75) is 50.8 Å². The van der Waals surface area contributed by atoms with Gasteiger partial charge in [-0.05, 0) is 41.8 Å². The second-order valence-corrected chi connectivity index (χ2v) is 8.63. The fraction of sp³-hybridized carbons (Fsp3) is 0.600. The Morgan fingerprint density at radius 1 is 1.12 bits per heavy atom. The van der Waals surface area contributed by atoms with Gasteiger partial charge in [-0.25, -0.2) is 0 Å². The zero-order valence-corrected chi connectivity index (χ0v) is 11.6. The van der Waals surface area contributed by atoms with Crippen LogP contribution in [-0.2, 0) is 0 Å². The number of benzene rings is 1. The highest BCUT2D eigenvalue weighted by molar-refractivity contribution is 7.59. The van der Waals surface area contributed by atoms with Gasteiger partial charge in [-0.3, -0.25) is 0 Å². The summed E-state index contributed by atoms with van der Waals surface area (Å²) < 4.78 is 0. The van der Waals surface area contributed by atoms with Gasteiger partial charge in [0.15, 0.2) is 0 Å². The molecule has 0 aromatic heterocycles. The molecular formula is C15H23P. The number of hydrogen-bond acceptors (Lipinski definition) is 0. The minimum Gasteiger partial charge on any atom is -0.101 e. The molecule has 1 unspecified atom stereocenters. The third kappa shape index (κ3) is 2.66. The van der Waals surface area contributed by atoms with Crippen LogP contribution >= 0.6 is 7.92 Å².